The molecule has 0 N–H and O–H groups in total. The molecule has 2 heteroatoms. The van der Waals surface area contributed by atoms with E-state index in [2.05, 4.69) is 0 Å². The molecule has 1 aliphatic heterocycles. The van der Waals surface area contributed by atoms with Crippen LogP contribution in [0.4, 0.5) is 0 Å². The molecule has 2 aliphatic carbocycles. The highest BCUT2D eigenvalue weighted by atomic mass is 16.6. The average Bonchev–Trinajstić information content (AvgIpc) is 2.59. The van der Waals surface area contributed by atoms with Crippen molar-refractivity contribution in [3.05, 3.63) is 0 Å². The van der Waals surface area contributed by atoms with E-state index in [-0.39, 0.29) is 11.9 Å². The van der Waals surface area contributed by atoms with Crippen LogP contribution in [0.25, 0.3) is 0 Å². The molecule has 1 saturated heterocycles. The number of ether oxygens (including phenoxy) is 1. The van der Waals surface area contributed by atoms with E-state index in [0.29, 0.717) is 12.0 Å². The van der Waals surface area contributed by atoms with Gasteiger partial charge in [0.2, 0.25) is 0 Å². The summed E-state index contributed by atoms with van der Waals surface area (Å²) < 4.78 is 5.28. The van der Waals surface area contributed by atoms with Gasteiger partial charge in [-0.1, -0.05) is 12.8 Å². The minimum atomic E-state index is 0.106. The number of hydrogen-bond donors (Lipinski definition) is 0. The van der Waals surface area contributed by atoms with Crippen LogP contribution >= 0.6 is 0 Å². The van der Waals surface area contributed by atoms with Crippen LogP contribution in [-0.2, 0) is 9.53 Å². The monoisotopic (exact) mass is 166 g/mol. The summed E-state index contributed by atoms with van der Waals surface area (Å²) in [4.78, 5) is 11.4. The fraction of sp³-hybridized carbons (Fsp3) is 0.900. The van der Waals surface area contributed by atoms with Crippen LogP contribution < -0.4 is 0 Å². The second kappa shape index (κ2) is 2.24. The van der Waals surface area contributed by atoms with Gasteiger partial charge < -0.3 is 4.74 Å². The molecule has 0 radical (unpaired) electrons. The molecule has 4 unspecified atom stereocenters. The summed E-state index contributed by atoms with van der Waals surface area (Å²) in [6.45, 7) is 0. The first kappa shape index (κ1) is 6.93. The van der Waals surface area contributed by atoms with E-state index in [9.17, 15) is 4.79 Å². The Balaban J connectivity index is 1.91. The van der Waals surface area contributed by atoms with Gasteiger partial charge in [0.1, 0.15) is 6.10 Å². The molecule has 1 heterocycles. The Morgan fingerprint density at radius 1 is 1.25 bits per heavy atom. The van der Waals surface area contributed by atoms with Gasteiger partial charge in [0.15, 0.2) is 0 Å². The zero-order chi connectivity index (χ0) is 8.13. The molecule has 3 rings (SSSR count). The zero-order valence-corrected chi connectivity index (χ0v) is 7.16. The molecule has 4 atom stereocenters. The first-order valence-corrected chi connectivity index (χ1v) is 5.05. The van der Waals surface area contributed by atoms with Crippen LogP contribution in [0.5, 0.6) is 0 Å². The van der Waals surface area contributed by atoms with Crippen LogP contribution in [0.2, 0.25) is 0 Å². The van der Waals surface area contributed by atoms with Gasteiger partial charge in [0, 0.05) is 0 Å². The predicted octanol–water partition coefficient (Wildman–Crippen LogP) is 1.74. The van der Waals surface area contributed by atoms with Crippen LogP contribution in [-0.4, -0.2) is 12.1 Å². The van der Waals surface area contributed by atoms with Crippen molar-refractivity contribution < 1.29 is 9.53 Å². The van der Waals surface area contributed by atoms with Gasteiger partial charge in [0.25, 0.3) is 0 Å². The standard InChI is InChI=1S/C10H14O2/c11-10-9-5-7(12-10)4-6-2-1-3-8(6)9/h6-9H,1-5H2. The van der Waals surface area contributed by atoms with Crippen molar-refractivity contribution in [3.8, 4) is 0 Å². The van der Waals surface area contributed by atoms with Crippen molar-refractivity contribution in [2.75, 3.05) is 0 Å². The Kier molecular flexibility index (Phi) is 1.29. The summed E-state index contributed by atoms with van der Waals surface area (Å²) in [5.74, 6) is 1.90. The number of hydrogen-bond acceptors (Lipinski definition) is 2. The smallest absolute Gasteiger partial charge is 0.309 e. The lowest BCUT2D eigenvalue weighted by Gasteiger charge is -2.27. The van der Waals surface area contributed by atoms with Gasteiger partial charge >= 0.3 is 5.97 Å². The van der Waals surface area contributed by atoms with E-state index in [0.717, 1.165) is 18.8 Å². The lowest BCUT2D eigenvalue weighted by Crippen LogP contribution is -2.27. The fourth-order valence-corrected chi connectivity index (χ4v) is 3.40. The van der Waals surface area contributed by atoms with E-state index in [1.54, 1.807) is 0 Å². The summed E-state index contributed by atoms with van der Waals surface area (Å²) in [6, 6.07) is 0. The molecule has 0 aromatic carbocycles. The van der Waals surface area contributed by atoms with Gasteiger partial charge in [-0.3, -0.25) is 4.79 Å². The molecule has 12 heavy (non-hydrogen) atoms. The molecule has 3 aliphatic rings. The highest BCUT2D eigenvalue weighted by Gasteiger charge is 2.49. The van der Waals surface area contributed by atoms with E-state index in [1.165, 1.54) is 19.3 Å². The second-order valence-corrected chi connectivity index (χ2v) is 4.49. The molecule has 0 amide bonds. The van der Waals surface area contributed by atoms with E-state index in [1.807, 2.05) is 0 Å². The minimum Gasteiger partial charge on any atom is -0.462 e. The number of esters is 1. The van der Waals surface area contributed by atoms with Crippen molar-refractivity contribution >= 4 is 5.97 Å². The lowest BCUT2D eigenvalue weighted by molar-refractivity contribution is -0.144. The maximum absolute atomic E-state index is 11.4. The maximum Gasteiger partial charge on any atom is 0.309 e. The summed E-state index contributed by atoms with van der Waals surface area (Å²) in [7, 11) is 0. The number of carbonyl (C=O) groups is 1. The van der Waals surface area contributed by atoms with Gasteiger partial charge in [-0.25, -0.2) is 0 Å². The van der Waals surface area contributed by atoms with Crippen LogP contribution in [0, 0.1) is 17.8 Å². The molecular weight excluding hydrogens is 152 g/mol. The lowest BCUT2D eigenvalue weighted by atomic mass is 9.74. The topological polar surface area (TPSA) is 26.3 Å². The van der Waals surface area contributed by atoms with E-state index < -0.39 is 0 Å². The number of carbonyl (C=O) groups excluding carboxylic acids is 1. The molecule has 2 nitrogen and oxygen atoms in total. The quantitative estimate of drug-likeness (QED) is 0.512. The van der Waals surface area contributed by atoms with Crippen molar-refractivity contribution in [3.63, 3.8) is 0 Å². The Morgan fingerprint density at radius 2 is 2.17 bits per heavy atom. The van der Waals surface area contributed by atoms with Gasteiger partial charge in [-0.05, 0) is 31.1 Å². The highest BCUT2D eigenvalue weighted by molar-refractivity contribution is 5.75. The Hall–Kier alpha value is -0.530. The summed E-state index contributed by atoms with van der Waals surface area (Å²) >= 11 is 0. The molecule has 0 spiro atoms. The van der Waals surface area contributed by atoms with Gasteiger partial charge in [0.05, 0.1) is 5.92 Å². The number of fused-ring (bicyclic) bond motifs is 4. The molecule has 3 fully saturated rings. The molecule has 2 saturated carbocycles. The van der Waals surface area contributed by atoms with Gasteiger partial charge in [-0.15, -0.1) is 0 Å². The third-order valence-electron chi connectivity index (χ3n) is 3.90. The summed E-state index contributed by atoms with van der Waals surface area (Å²) in [5.41, 5.74) is 0. The Morgan fingerprint density at radius 3 is 3.08 bits per heavy atom. The number of rotatable bonds is 0. The minimum absolute atomic E-state index is 0.106. The Labute approximate surface area is 72.3 Å². The summed E-state index contributed by atoms with van der Waals surface area (Å²) in [5, 5.41) is 0. The fourth-order valence-electron chi connectivity index (χ4n) is 3.40. The SMILES string of the molecule is O=C1OC2CC3CCCC3C1C2. The van der Waals surface area contributed by atoms with E-state index in [4.69, 9.17) is 4.74 Å². The van der Waals surface area contributed by atoms with Crippen molar-refractivity contribution in [1.82, 2.24) is 0 Å². The maximum atomic E-state index is 11.4. The van der Waals surface area contributed by atoms with Crippen LogP contribution in [0.1, 0.15) is 32.1 Å². The van der Waals surface area contributed by atoms with Crippen molar-refractivity contribution in [2.45, 2.75) is 38.2 Å². The van der Waals surface area contributed by atoms with Crippen molar-refractivity contribution in [2.24, 2.45) is 17.8 Å². The van der Waals surface area contributed by atoms with Gasteiger partial charge in [-0.2, -0.15) is 0 Å². The highest BCUT2D eigenvalue weighted by Crippen LogP contribution is 2.49. The van der Waals surface area contributed by atoms with Crippen molar-refractivity contribution in [1.29, 1.82) is 0 Å². The predicted molar refractivity (Wildman–Crippen MR) is 43.4 cm³/mol. The Bertz CT molecular complexity index is 224. The third kappa shape index (κ3) is 0.782. The third-order valence-corrected chi connectivity index (χ3v) is 3.90. The normalized spacial score (nSPS) is 50.5. The average molecular weight is 166 g/mol. The van der Waals surface area contributed by atoms with Crippen LogP contribution in [0.15, 0.2) is 0 Å². The van der Waals surface area contributed by atoms with E-state index >= 15 is 0 Å². The first-order chi connectivity index (χ1) is 5.84. The molecular formula is C10H14O2. The van der Waals surface area contributed by atoms with Crippen LogP contribution in [0.3, 0.4) is 0 Å². The zero-order valence-electron chi connectivity index (χ0n) is 7.16. The molecule has 2 bridgehead atoms. The molecule has 66 valence electrons. The largest absolute Gasteiger partial charge is 0.462 e. The summed E-state index contributed by atoms with van der Waals surface area (Å²) in [6.07, 6.45) is 6.44. The molecule has 0 aromatic heterocycles. The molecule has 0 aromatic rings. The second-order valence-electron chi connectivity index (χ2n) is 4.49. The first-order valence-electron chi connectivity index (χ1n) is 5.05.